The number of aliphatic hydroxyl groups is 1. The minimum atomic E-state index is -4.10. The molecule has 128 valence electrons. The lowest BCUT2D eigenvalue weighted by molar-refractivity contribution is -0.228. The maximum atomic E-state index is 11.3. The third-order valence-electron chi connectivity index (χ3n) is 3.14. The lowest BCUT2D eigenvalue weighted by Crippen LogP contribution is -2.13. The molecule has 0 aliphatic heterocycles. The van der Waals surface area contributed by atoms with Crippen LogP contribution in [0.5, 0.6) is 0 Å². The van der Waals surface area contributed by atoms with Crippen LogP contribution in [0.3, 0.4) is 0 Å². The van der Waals surface area contributed by atoms with Crippen LogP contribution in [0.25, 0.3) is 0 Å². The van der Waals surface area contributed by atoms with Crippen LogP contribution in [0.1, 0.15) is 78.1 Å². The molecule has 0 saturated heterocycles. The number of aliphatic hydroxyl groups excluding tert-OH is 1. The van der Waals surface area contributed by atoms with Crippen LogP contribution in [0.2, 0.25) is 0 Å². The molecule has 0 aliphatic rings. The standard InChI is InChI=1S/C15H33O5P/c1-15(2)20-21(17,18)19-14-12-10-8-6-4-3-5-7-9-11-13-16/h15-16H,3-14H2,1-2H3,(H,17,18)/p-1. The van der Waals surface area contributed by atoms with E-state index < -0.39 is 7.82 Å². The number of unbranched alkanes of at least 4 members (excludes halogenated alkanes) is 9. The van der Waals surface area contributed by atoms with Gasteiger partial charge in [0.1, 0.15) is 0 Å². The van der Waals surface area contributed by atoms with Gasteiger partial charge < -0.3 is 19.0 Å². The summed E-state index contributed by atoms with van der Waals surface area (Å²) in [6.07, 6.45) is 10.7. The Labute approximate surface area is 129 Å². The van der Waals surface area contributed by atoms with Gasteiger partial charge in [0.2, 0.25) is 0 Å². The van der Waals surface area contributed by atoms with E-state index in [0.29, 0.717) is 6.61 Å². The topological polar surface area (TPSA) is 78.8 Å². The van der Waals surface area contributed by atoms with Crippen molar-refractivity contribution >= 4 is 7.82 Å². The first-order valence-corrected chi connectivity index (χ1v) is 9.69. The predicted octanol–water partition coefficient (Wildman–Crippen LogP) is 3.79. The third kappa shape index (κ3) is 16.3. The number of phosphoric acid groups is 1. The maximum absolute atomic E-state index is 11.3. The van der Waals surface area contributed by atoms with Crippen molar-refractivity contribution < 1.29 is 23.6 Å². The SMILES string of the molecule is CC(C)OP(=O)([O-])OCCCCCCCCCCCCO. The minimum absolute atomic E-state index is 0.217. The van der Waals surface area contributed by atoms with Gasteiger partial charge in [-0.15, -0.1) is 0 Å². The highest BCUT2D eigenvalue weighted by atomic mass is 31.2. The fourth-order valence-corrected chi connectivity index (χ4v) is 3.02. The van der Waals surface area contributed by atoms with Crippen LogP contribution in [0.4, 0.5) is 0 Å². The van der Waals surface area contributed by atoms with E-state index in [9.17, 15) is 9.46 Å². The normalized spacial score (nSPS) is 14.5. The molecule has 0 aromatic rings. The molecule has 5 nitrogen and oxygen atoms in total. The minimum Gasteiger partial charge on any atom is -0.756 e. The molecule has 0 radical (unpaired) electrons. The molecule has 0 amide bonds. The smallest absolute Gasteiger partial charge is 0.268 e. The Kier molecular flexibility index (Phi) is 13.8. The highest BCUT2D eigenvalue weighted by Crippen LogP contribution is 2.39. The van der Waals surface area contributed by atoms with Crippen LogP contribution in [-0.2, 0) is 13.6 Å². The number of phosphoric ester groups is 1. The van der Waals surface area contributed by atoms with Crippen LogP contribution in [0, 0.1) is 0 Å². The lowest BCUT2D eigenvalue weighted by atomic mass is 10.1. The molecule has 0 bridgehead atoms. The zero-order valence-corrected chi connectivity index (χ0v) is 14.5. The zero-order chi connectivity index (χ0) is 16.0. The second-order valence-electron chi connectivity index (χ2n) is 5.69. The van der Waals surface area contributed by atoms with Crippen molar-refractivity contribution in [3.63, 3.8) is 0 Å². The summed E-state index contributed by atoms with van der Waals surface area (Å²) >= 11 is 0. The van der Waals surface area contributed by atoms with Gasteiger partial charge in [0.05, 0.1) is 12.7 Å². The summed E-state index contributed by atoms with van der Waals surface area (Å²) in [4.78, 5) is 11.3. The van der Waals surface area contributed by atoms with Crippen LogP contribution < -0.4 is 4.89 Å². The van der Waals surface area contributed by atoms with E-state index in [1.807, 2.05) is 0 Å². The monoisotopic (exact) mass is 323 g/mol. The van der Waals surface area contributed by atoms with Crippen molar-refractivity contribution in [3.8, 4) is 0 Å². The molecule has 6 heteroatoms. The molecular weight excluding hydrogens is 291 g/mol. The van der Waals surface area contributed by atoms with Crippen molar-refractivity contribution in [3.05, 3.63) is 0 Å². The highest BCUT2D eigenvalue weighted by molar-refractivity contribution is 7.45. The van der Waals surface area contributed by atoms with Crippen LogP contribution in [-0.4, -0.2) is 24.4 Å². The van der Waals surface area contributed by atoms with E-state index in [1.54, 1.807) is 13.8 Å². The average Bonchev–Trinajstić information content (AvgIpc) is 2.38. The Bertz CT molecular complexity index is 271. The van der Waals surface area contributed by atoms with Gasteiger partial charge in [-0.3, -0.25) is 4.57 Å². The molecule has 0 saturated carbocycles. The summed E-state index contributed by atoms with van der Waals surface area (Å²) in [5, 5.41) is 8.65. The van der Waals surface area contributed by atoms with Crippen LogP contribution >= 0.6 is 7.82 Å². The zero-order valence-electron chi connectivity index (χ0n) is 13.6. The first-order chi connectivity index (χ1) is 9.98. The van der Waals surface area contributed by atoms with E-state index in [2.05, 4.69) is 0 Å². The Hall–Kier alpha value is 0.0700. The van der Waals surface area contributed by atoms with Gasteiger partial charge in [-0.2, -0.15) is 0 Å². The van der Waals surface area contributed by atoms with Gasteiger partial charge in [-0.1, -0.05) is 51.4 Å². The maximum Gasteiger partial charge on any atom is 0.268 e. The number of rotatable bonds is 15. The van der Waals surface area contributed by atoms with Crippen molar-refractivity contribution in [1.29, 1.82) is 0 Å². The molecule has 1 atom stereocenters. The summed E-state index contributed by atoms with van der Waals surface area (Å²) in [5.74, 6) is 0. The second-order valence-corrected chi connectivity index (χ2v) is 7.06. The number of hydrogen-bond donors (Lipinski definition) is 1. The van der Waals surface area contributed by atoms with E-state index in [4.69, 9.17) is 14.2 Å². The fourth-order valence-electron chi connectivity index (χ4n) is 2.09. The van der Waals surface area contributed by atoms with Crippen molar-refractivity contribution in [2.45, 2.75) is 84.2 Å². The molecule has 0 heterocycles. The van der Waals surface area contributed by atoms with Gasteiger partial charge in [0, 0.05) is 6.61 Å². The molecule has 21 heavy (non-hydrogen) atoms. The Balaban J connectivity index is 3.24. The molecular formula is C15H32O5P-. The summed E-state index contributed by atoms with van der Waals surface area (Å²) < 4.78 is 20.8. The van der Waals surface area contributed by atoms with Gasteiger partial charge >= 0.3 is 0 Å². The molecule has 0 aliphatic carbocycles. The Morgan fingerprint density at radius 1 is 0.905 bits per heavy atom. The second kappa shape index (κ2) is 13.7. The van der Waals surface area contributed by atoms with E-state index in [1.165, 1.54) is 32.1 Å². The van der Waals surface area contributed by atoms with Crippen LogP contribution in [0.15, 0.2) is 0 Å². The van der Waals surface area contributed by atoms with E-state index in [-0.39, 0.29) is 12.7 Å². The first kappa shape index (κ1) is 21.1. The van der Waals surface area contributed by atoms with E-state index >= 15 is 0 Å². The fraction of sp³-hybridized carbons (Fsp3) is 1.00. The van der Waals surface area contributed by atoms with Crippen molar-refractivity contribution in [1.82, 2.24) is 0 Å². The predicted molar refractivity (Wildman–Crippen MR) is 83.0 cm³/mol. The summed E-state index contributed by atoms with van der Waals surface area (Å²) in [6.45, 7) is 3.85. The lowest BCUT2D eigenvalue weighted by Gasteiger charge is -2.24. The number of hydrogen-bond acceptors (Lipinski definition) is 5. The summed E-state index contributed by atoms with van der Waals surface area (Å²) in [6, 6.07) is 0. The first-order valence-electron chi connectivity index (χ1n) is 8.23. The molecule has 0 aromatic carbocycles. The van der Waals surface area contributed by atoms with Gasteiger partial charge in [0.25, 0.3) is 7.82 Å². The Morgan fingerprint density at radius 2 is 1.33 bits per heavy atom. The summed E-state index contributed by atoms with van der Waals surface area (Å²) in [5.41, 5.74) is 0. The highest BCUT2D eigenvalue weighted by Gasteiger charge is 2.10. The molecule has 0 spiro atoms. The largest absolute Gasteiger partial charge is 0.756 e. The van der Waals surface area contributed by atoms with Gasteiger partial charge in [-0.25, -0.2) is 0 Å². The Morgan fingerprint density at radius 3 is 1.76 bits per heavy atom. The third-order valence-corrected chi connectivity index (χ3v) is 4.32. The quantitative estimate of drug-likeness (QED) is 0.366. The molecule has 1 N–H and O–H groups in total. The van der Waals surface area contributed by atoms with Crippen molar-refractivity contribution in [2.75, 3.05) is 13.2 Å². The molecule has 0 fully saturated rings. The molecule has 0 rings (SSSR count). The van der Waals surface area contributed by atoms with E-state index in [0.717, 1.165) is 32.1 Å². The average molecular weight is 323 g/mol. The summed E-state index contributed by atoms with van der Waals surface area (Å²) in [7, 11) is -4.10. The van der Waals surface area contributed by atoms with Crippen molar-refractivity contribution in [2.24, 2.45) is 0 Å². The van der Waals surface area contributed by atoms with Gasteiger partial charge in [0.15, 0.2) is 0 Å². The molecule has 0 aromatic heterocycles. The molecule has 1 unspecified atom stereocenters. The van der Waals surface area contributed by atoms with Gasteiger partial charge in [-0.05, 0) is 26.7 Å².